The van der Waals surface area contributed by atoms with Gasteiger partial charge in [0.15, 0.2) is 5.75 Å². The predicted octanol–water partition coefficient (Wildman–Crippen LogP) is 2.17. The lowest BCUT2D eigenvalue weighted by Crippen LogP contribution is -2.14. The van der Waals surface area contributed by atoms with Crippen molar-refractivity contribution in [2.45, 2.75) is 12.5 Å². The van der Waals surface area contributed by atoms with Crippen molar-refractivity contribution in [1.29, 1.82) is 0 Å². The molecule has 1 aromatic carbocycles. The van der Waals surface area contributed by atoms with Crippen molar-refractivity contribution in [3.63, 3.8) is 0 Å². The molecule has 6 heteroatoms. The molecular weight excluding hydrogens is 241 g/mol. The Morgan fingerprint density at radius 1 is 1.40 bits per heavy atom. The molecule has 0 saturated heterocycles. The van der Waals surface area contributed by atoms with Crippen molar-refractivity contribution < 1.29 is 15.0 Å². The fourth-order valence-corrected chi connectivity index (χ4v) is 1.61. The molecular formula is C9H9Cl2NO3. The summed E-state index contributed by atoms with van der Waals surface area (Å²) >= 11 is 11.3. The van der Waals surface area contributed by atoms with Gasteiger partial charge in [-0.3, -0.25) is 4.79 Å². The minimum absolute atomic E-state index is 0.0540. The van der Waals surface area contributed by atoms with Crippen molar-refractivity contribution in [3.8, 4) is 5.75 Å². The van der Waals surface area contributed by atoms with Crippen LogP contribution in [-0.2, 0) is 4.79 Å². The number of rotatable bonds is 3. The van der Waals surface area contributed by atoms with Gasteiger partial charge in [0.2, 0.25) is 0 Å². The molecule has 0 radical (unpaired) electrons. The first-order valence-electron chi connectivity index (χ1n) is 4.07. The van der Waals surface area contributed by atoms with E-state index in [2.05, 4.69) is 0 Å². The normalized spacial score (nSPS) is 12.5. The van der Waals surface area contributed by atoms with Crippen LogP contribution in [0.2, 0.25) is 10.0 Å². The van der Waals surface area contributed by atoms with E-state index in [0.717, 1.165) is 0 Å². The lowest BCUT2D eigenvalue weighted by Gasteiger charge is -2.11. The lowest BCUT2D eigenvalue weighted by molar-refractivity contribution is -0.137. The number of phenols is 1. The van der Waals surface area contributed by atoms with E-state index in [0.29, 0.717) is 5.56 Å². The number of phenolic OH excluding ortho intramolecular Hbond substituents is 1. The highest BCUT2D eigenvalue weighted by Gasteiger charge is 2.14. The quantitative estimate of drug-likeness (QED) is 0.767. The van der Waals surface area contributed by atoms with Crippen molar-refractivity contribution in [1.82, 2.24) is 0 Å². The minimum Gasteiger partial charge on any atom is -0.505 e. The molecule has 4 nitrogen and oxygen atoms in total. The van der Waals surface area contributed by atoms with Crippen molar-refractivity contribution in [2.75, 3.05) is 0 Å². The minimum atomic E-state index is -1.01. The molecule has 0 amide bonds. The molecule has 0 aliphatic heterocycles. The van der Waals surface area contributed by atoms with Crippen LogP contribution in [0.15, 0.2) is 12.1 Å². The number of halogens is 2. The second-order valence-electron chi connectivity index (χ2n) is 3.04. The third kappa shape index (κ3) is 2.99. The first-order chi connectivity index (χ1) is 6.91. The first-order valence-corrected chi connectivity index (χ1v) is 4.82. The number of carbonyl (C=O) groups is 1. The average molecular weight is 250 g/mol. The first kappa shape index (κ1) is 12.1. The Morgan fingerprint density at radius 3 is 2.27 bits per heavy atom. The molecule has 0 heterocycles. The number of carboxylic acid groups (broad SMARTS) is 1. The van der Waals surface area contributed by atoms with Gasteiger partial charge in [0.05, 0.1) is 16.5 Å². The fraction of sp³-hybridized carbons (Fsp3) is 0.222. The van der Waals surface area contributed by atoms with E-state index in [4.69, 9.17) is 34.0 Å². The van der Waals surface area contributed by atoms with E-state index in [-0.39, 0.29) is 22.2 Å². The summed E-state index contributed by atoms with van der Waals surface area (Å²) in [5.41, 5.74) is 6.08. The second-order valence-corrected chi connectivity index (χ2v) is 3.85. The summed E-state index contributed by atoms with van der Waals surface area (Å²) < 4.78 is 0. The van der Waals surface area contributed by atoms with E-state index in [1.54, 1.807) is 0 Å². The van der Waals surface area contributed by atoms with Crippen LogP contribution >= 0.6 is 23.2 Å². The number of benzene rings is 1. The third-order valence-electron chi connectivity index (χ3n) is 1.86. The van der Waals surface area contributed by atoms with E-state index in [1.165, 1.54) is 12.1 Å². The fourth-order valence-electron chi connectivity index (χ4n) is 1.11. The number of aliphatic carboxylic acids is 1. The summed E-state index contributed by atoms with van der Waals surface area (Å²) in [6.07, 6.45) is -0.225. The van der Waals surface area contributed by atoms with E-state index in [1.807, 2.05) is 0 Å². The monoisotopic (exact) mass is 249 g/mol. The Morgan fingerprint density at radius 2 is 1.87 bits per heavy atom. The zero-order valence-electron chi connectivity index (χ0n) is 7.58. The molecule has 0 aliphatic carbocycles. The third-order valence-corrected chi connectivity index (χ3v) is 2.44. The molecule has 1 rings (SSSR count). The Hall–Kier alpha value is -0.970. The van der Waals surface area contributed by atoms with Crippen molar-refractivity contribution >= 4 is 29.2 Å². The van der Waals surface area contributed by atoms with E-state index >= 15 is 0 Å². The molecule has 15 heavy (non-hydrogen) atoms. The number of hydrogen-bond donors (Lipinski definition) is 3. The van der Waals surface area contributed by atoms with E-state index < -0.39 is 12.0 Å². The number of carboxylic acids is 1. The number of hydrogen-bond acceptors (Lipinski definition) is 3. The van der Waals surface area contributed by atoms with Crippen LogP contribution in [0.25, 0.3) is 0 Å². The van der Waals surface area contributed by atoms with Crippen LogP contribution in [0.5, 0.6) is 5.75 Å². The molecule has 1 aromatic rings. The lowest BCUT2D eigenvalue weighted by atomic mass is 10.0. The molecule has 4 N–H and O–H groups in total. The molecule has 0 aliphatic rings. The SMILES string of the molecule is N[C@H](CC(=O)O)c1cc(Cl)c(O)c(Cl)c1. The predicted molar refractivity (Wildman–Crippen MR) is 57.3 cm³/mol. The molecule has 1 atom stereocenters. The van der Waals surface area contributed by atoms with Gasteiger partial charge in [-0.25, -0.2) is 0 Å². The number of nitrogens with two attached hydrogens (primary N) is 1. The smallest absolute Gasteiger partial charge is 0.305 e. The van der Waals surface area contributed by atoms with Gasteiger partial charge >= 0.3 is 5.97 Å². The highest BCUT2D eigenvalue weighted by atomic mass is 35.5. The van der Waals surface area contributed by atoms with Gasteiger partial charge in [0.1, 0.15) is 0 Å². The van der Waals surface area contributed by atoms with Crippen molar-refractivity contribution in [2.24, 2.45) is 5.73 Å². The molecule has 0 fully saturated rings. The zero-order chi connectivity index (χ0) is 11.6. The Kier molecular flexibility index (Phi) is 3.79. The van der Waals surface area contributed by atoms with Gasteiger partial charge in [-0.2, -0.15) is 0 Å². The van der Waals surface area contributed by atoms with Crippen LogP contribution in [0.3, 0.4) is 0 Å². The molecule has 0 unspecified atom stereocenters. The summed E-state index contributed by atoms with van der Waals surface area (Å²) in [4.78, 5) is 10.4. The Balaban J connectivity index is 3.00. The summed E-state index contributed by atoms with van der Waals surface area (Å²) in [5.74, 6) is -1.24. The highest BCUT2D eigenvalue weighted by molar-refractivity contribution is 6.37. The zero-order valence-corrected chi connectivity index (χ0v) is 9.09. The highest BCUT2D eigenvalue weighted by Crippen LogP contribution is 2.34. The topological polar surface area (TPSA) is 83.6 Å². The van der Waals surface area contributed by atoms with Crippen molar-refractivity contribution in [3.05, 3.63) is 27.7 Å². The Labute approximate surface area is 96.2 Å². The maximum Gasteiger partial charge on any atom is 0.305 e. The van der Waals surface area contributed by atoms with Crippen LogP contribution in [0, 0.1) is 0 Å². The van der Waals surface area contributed by atoms with Gasteiger partial charge in [0.25, 0.3) is 0 Å². The van der Waals surface area contributed by atoms with Crippen LogP contribution in [0.4, 0.5) is 0 Å². The number of aromatic hydroxyl groups is 1. The summed E-state index contributed by atoms with van der Waals surface area (Å²) in [6.45, 7) is 0. The van der Waals surface area contributed by atoms with Gasteiger partial charge in [0, 0.05) is 6.04 Å². The van der Waals surface area contributed by atoms with Crippen LogP contribution < -0.4 is 5.73 Å². The molecule has 0 bridgehead atoms. The van der Waals surface area contributed by atoms with Crippen LogP contribution in [-0.4, -0.2) is 16.2 Å². The van der Waals surface area contributed by atoms with Gasteiger partial charge in [-0.15, -0.1) is 0 Å². The maximum atomic E-state index is 10.4. The molecule has 0 saturated carbocycles. The second kappa shape index (κ2) is 4.70. The van der Waals surface area contributed by atoms with E-state index in [9.17, 15) is 9.90 Å². The van der Waals surface area contributed by atoms with Gasteiger partial charge in [-0.1, -0.05) is 23.2 Å². The standard InChI is InChI=1S/C9H9Cl2NO3/c10-5-1-4(2-6(11)9(5)15)7(12)3-8(13)14/h1-2,7,15H,3,12H2,(H,13,14)/t7-/m1/s1. The van der Waals surface area contributed by atoms with Gasteiger partial charge in [-0.05, 0) is 17.7 Å². The molecule has 0 aromatic heterocycles. The molecule has 82 valence electrons. The summed E-state index contributed by atoms with van der Waals surface area (Å²) in [6, 6.07) is 2.10. The molecule has 0 spiro atoms. The Bertz CT molecular complexity index is 372. The summed E-state index contributed by atoms with van der Waals surface area (Å²) in [5, 5.41) is 17.9. The summed E-state index contributed by atoms with van der Waals surface area (Å²) in [7, 11) is 0. The van der Waals surface area contributed by atoms with Gasteiger partial charge < -0.3 is 15.9 Å². The maximum absolute atomic E-state index is 10.4. The largest absolute Gasteiger partial charge is 0.505 e. The average Bonchev–Trinajstić information content (AvgIpc) is 2.12. The van der Waals surface area contributed by atoms with Crippen LogP contribution in [0.1, 0.15) is 18.0 Å².